The third-order valence-electron chi connectivity index (χ3n) is 5.47. The Balaban J connectivity index is 1.49. The van der Waals surface area contributed by atoms with Crippen molar-refractivity contribution in [1.82, 2.24) is 9.88 Å². The number of likely N-dealkylation sites (tertiary alicyclic amines) is 1. The van der Waals surface area contributed by atoms with E-state index in [1.165, 1.54) is 12.3 Å². The van der Waals surface area contributed by atoms with Crippen molar-refractivity contribution in [3.05, 3.63) is 41.8 Å². The number of carbonyl (C=O) groups is 1. The molecule has 0 spiro atoms. The summed E-state index contributed by atoms with van der Waals surface area (Å²) in [5, 5.41) is 9.63. The highest BCUT2D eigenvalue weighted by Gasteiger charge is 2.54. The molecule has 0 amide bonds. The van der Waals surface area contributed by atoms with E-state index in [9.17, 15) is 18.7 Å². The van der Waals surface area contributed by atoms with Crippen molar-refractivity contribution in [1.29, 1.82) is 0 Å². The van der Waals surface area contributed by atoms with E-state index < -0.39 is 23.0 Å². The van der Waals surface area contributed by atoms with E-state index in [4.69, 9.17) is 4.42 Å². The molecule has 7 heteroatoms. The average molecular weight is 348 g/mol. The maximum atomic E-state index is 13.3. The first-order valence-corrected chi connectivity index (χ1v) is 8.33. The molecule has 1 aliphatic heterocycles. The summed E-state index contributed by atoms with van der Waals surface area (Å²) in [6.45, 7) is 1.73. The number of oxazole rings is 1. The number of fused-ring (bicyclic) bond motifs is 1. The van der Waals surface area contributed by atoms with Crippen molar-refractivity contribution in [2.45, 2.75) is 25.8 Å². The molecule has 0 bridgehead atoms. The molecule has 1 saturated carbocycles. The van der Waals surface area contributed by atoms with E-state index in [1.807, 2.05) is 0 Å². The van der Waals surface area contributed by atoms with Crippen molar-refractivity contribution in [2.75, 3.05) is 13.1 Å². The Morgan fingerprint density at radius 2 is 2.24 bits per heavy atom. The molecule has 25 heavy (non-hydrogen) atoms. The summed E-state index contributed by atoms with van der Waals surface area (Å²) in [7, 11) is 0. The maximum absolute atomic E-state index is 13.3. The number of benzene rings is 1. The Hall–Kier alpha value is -2.28. The van der Waals surface area contributed by atoms with Crippen LogP contribution in [0.2, 0.25) is 0 Å². The van der Waals surface area contributed by atoms with E-state index in [1.54, 1.807) is 0 Å². The monoisotopic (exact) mass is 348 g/mol. The quantitative estimate of drug-likeness (QED) is 0.918. The summed E-state index contributed by atoms with van der Waals surface area (Å²) >= 11 is 0. The van der Waals surface area contributed by atoms with Crippen LogP contribution in [0.5, 0.6) is 0 Å². The number of nitrogens with zero attached hydrogens (tertiary/aromatic N) is 2. The fourth-order valence-corrected chi connectivity index (χ4v) is 4.23. The third kappa shape index (κ3) is 2.72. The molecule has 2 aliphatic rings. The fraction of sp³-hybridized carbons (Fsp3) is 0.444. The molecule has 2 heterocycles. The topological polar surface area (TPSA) is 66.6 Å². The Morgan fingerprint density at radius 3 is 2.96 bits per heavy atom. The molecule has 2 atom stereocenters. The van der Waals surface area contributed by atoms with E-state index >= 15 is 0 Å². The minimum absolute atomic E-state index is 0.183. The molecule has 1 aromatic heterocycles. The van der Waals surface area contributed by atoms with E-state index in [0.29, 0.717) is 24.3 Å². The second-order valence-corrected chi connectivity index (χ2v) is 6.99. The van der Waals surface area contributed by atoms with Gasteiger partial charge >= 0.3 is 5.97 Å². The summed E-state index contributed by atoms with van der Waals surface area (Å²) < 4.78 is 31.7. The molecular weight excluding hydrogens is 330 g/mol. The molecule has 2 fully saturated rings. The van der Waals surface area contributed by atoms with Gasteiger partial charge in [-0.2, -0.15) is 0 Å². The van der Waals surface area contributed by atoms with Crippen LogP contribution in [0.1, 0.15) is 25.0 Å². The fourth-order valence-electron chi connectivity index (χ4n) is 4.23. The molecule has 1 saturated heterocycles. The number of carboxylic acid groups (broad SMARTS) is 1. The number of aromatic nitrogens is 1. The summed E-state index contributed by atoms with van der Waals surface area (Å²) in [6.07, 6.45) is 4.12. The minimum Gasteiger partial charge on any atom is -0.481 e. The van der Waals surface area contributed by atoms with Crippen molar-refractivity contribution in [3.63, 3.8) is 0 Å². The average Bonchev–Trinajstić information content (AvgIpc) is 3.24. The lowest BCUT2D eigenvalue weighted by Crippen LogP contribution is -2.35. The summed E-state index contributed by atoms with van der Waals surface area (Å²) in [5.41, 5.74) is 0.387. The molecule has 4 rings (SSSR count). The van der Waals surface area contributed by atoms with Crippen LogP contribution in [0.3, 0.4) is 0 Å². The minimum atomic E-state index is -0.951. The van der Waals surface area contributed by atoms with Gasteiger partial charge < -0.3 is 9.52 Å². The Kier molecular flexibility index (Phi) is 3.83. The molecule has 2 aromatic rings. The van der Waals surface area contributed by atoms with Crippen LogP contribution in [-0.4, -0.2) is 34.0 Å². The second kappa shape index (κ2) is 5.91. The molecule has 0 radical (unpaired) electrons. The largest absolute Gasteiger partial charge is 0.481 e. The zero-order valence-electron chi connectivity index (χ0n) is 13.5. The lowest BCUT2D eigenvalue weighted by atomic mass is 9.81. The van der Waals surface area contributed by atoms with Gasteiger partial charge in [0.15, 0.2) is 11.6 Å². The van der Waals surface area contributed by atoms with E-state index in [2.05, 4.69) is 9.88 Å². The van der Waals surface area contributed by atoms with Gasteiger partial charge in [-0.3, -0.25) is 9.69 Å². The van der Waals surface area contributed by atoms with Gasteiger partial charge in [-0.15, -0.1) is 0 Å². The van der Waals surface area contributed by atoms with E-state index in [-0.39, 0.29) is 11.8 Å². The molecule has 0 unspecified atom stereocenters. The van der Waals surface area contributed by atoms with Gasteiger partial charge in [-0.25, -0.2) is 13.8 Å². The maximum Gasteiger partial charge on any atom is 0.311 e. The first kappa shape index (κ1) is 16.2. The summed E-state index contributed by atoms with van der Waals surface area (Å²) in [6, 6.07) is 3.49. The van der Waals surface area contributed by atoms with Crippen LogP contribution < -0.4 is 0 Å². The van der Waals surface area contributed by atoms with Crippen LogP contribution >= 0.6 is 0 Å². The van der Waals surface area contributed by atoms with Crippen LogP contribution in [0, 0.1) is 23.0 Å². The Morgan fingerprint density at radius 1 is 1.40 bits per heavy atom. The Labute approximate surface area is 143 Å². The van der Waals surface area contributed by atoms with Crippen LogP contribution in [0.4, 0.5) is 8.78 Å². The smallest absolute Gasteiger partial charge is 0.311 e. The lowest BCUT2D eigenvalue weighted by Gasteiger charge is -2.23. The third-order valence-corrected chi connectivity index (χ3v) is 5.47. The van der Waals surface area contributed by atoms with Gasteiger partial charge in [-0.1, -0.05) is 6.42 Å². The zero-order chi connectivity index (χ0) is 17.6. The van der Waals surface area contributed by atoms with Gasteiger partial charge in [0.2, 0.25) is 5.89 Å². The Bertz CT molecular complexity index is 822. The number of aliphatic carboxylic acids is 1. The first-order valence-electron chi connectivity index (χ1n) is 8.33. The van der Waals surface area contributed by atoms with E-state index in [0.717, 1.165) is 37.9 Å². The molecule has 1 aliphatic carbocycles. The summed E-state index contributed by atoms with van der Waals surface area (Å²) in [5.74, 6) is -2.17. The predicted molar refractivity (Wildman–Crippen MR) is 84.5 cm³/mol. The second-order valence-electron chi connectivity index (χ2n) is 6.99. The highest BCUT2D eigenvalue weighted by atomic mass is 19.2. The van der Waals surface area contributed by atoms with Crippen molar-refractivity contribution >= 4 is 5.97 Å². The number of halogens is 2. The van der Waals surface area contributed by atoms with Gasteiger partial charge in [0, 0.05) is 25.2 Å². The highest BCUT2D eigenvalue weighted by Crippen LogP contribution is 2.49. The number of hydrogen-bond acceptors (Lipinski definition) is 4. The normalized spacial score (nSPS) is 26.1. The predicted octanol–water partition coefficient (Wildman–Crippen LogP) is 3.31. The van der Waals surface area contributed by atoms with Gasteiger partial charge in [0.25, 0.3) is 0 Å². The van der Waals surface area contributed by atoms with Crippen LogP contribution in [-0.2, 0) is 11.3 Å². The van der Waals surface area contributed by atoms with Gasteiger partial charge in [-0.05, 0) is 37.0 Å². The summed E-state index contributed by atoms with van der Waals surface area (Å²) in [4.78, 5) is 18.1. The molecule has 132 valence electrons. The number of carboxylic acids is 1. The first-order chi connectivity index (χ1) is 12.0. The van der Waals surface area contributed by atoms with Crippen molar-refractivity contribution in [3.8, 4) is 11.5 Å². The highest BCUT2D eigenvalue weighted by molar-refractivity contribution is 5.76. The van der Waals surface area contributed by atoms with Crippen molar-refractivity contribution < 1.29 is 23.1 Å². The van der Waals surface area contributed by atoms with Gasteiger partial charge in [0.05, 0.1) is 11.1 Å². The lowest BCUT2D eigenvalue weighted by molar-refractivity contribution is -0.149. The molecule has 5 nitrogen and oxygen atoms in total. The van der Waals surface area contributed by atoms with Crippen LogP contribution in [0.15, 0.2) is 28.9 Å². The van der Waals surface area contributed by atoms with Crippen LogP contribution in [0.25, 0.3) is 11.5 Å². The van der Waals surface area contributed by atoms with Gasteiger partial charge in [0.1, 0.15) is 6.26 Å². The molecule has 1 N–H and O–H groups in total. The zero-order valence-corrected chi connectivity index (χ0v) is 13.5. The van der Waals surface area contributed by atoms with Crippen molar-refractivity contribution in [2.24, 2.45) is 11.3 Å². The number of hydrogen-bond donors (Lipinski definition) is 1. The number of rotatable bonds is 4. The molecular formula is C18H18F2N2O3. The SMILES string of the molecule is O=C(O)[C@@]12CCC[C@H]1CN(Cc1coc(-c3ccc(F)c(F)c3)n1)C2. The molecule has 1 aromatic carbocycles. The standard InChI is InChI=1S/C18H18F2N2O3/c19-14-4-3-11(6-15(14)20)16-21-13(9-25-16)8-22-7-12-2-1-5-18(12,10-22)17(23)24/h3-4,6,9,12H,1-2,5,7-8,10H2,(H,23,24)/t12-,18+/m0/s1.